The average molecular weight is 274 g/mol. The van der Waals surface area contributed by atoms with E-state index >= 15 is 0 Å². The van der Waals surface area contributed by atoms with Gasteiger partial charge in [-0.25, -0.2) is 0 Å². The van der Waals surface area contributed by atoms with E-state index < -0.39 is 0 Å². The molecule has 0 spiro atoms. The molecule has 1 atom stereocenters. The number of hydrogen-bond acceptors (Lipinski definition) is 2. The number of amides is 1. The first-order chi connectivity index (χ1) is 7.04. The highest BCUT2D eigenvalue weighted by Gasteiger charge is 2.12. The number of hydrogen-bond donors (Lipinski definition) is 1. The smallest absolute Gasteiger partial charge is 0.254 e. The zero-order valence-electron chi connectivity index (χ0n) is 9.25. The monoisotopic (exact) mass is 273 g/mol. The molecule has 0 aliphatic carbocycles. The van der Waals surface area contributed by atoms with Crippen molar-refractivity contribution in [3.05, 3.63) is 17.5 Å². The van der Waals surface area contributed by atoms with Crippen molar-refractivity contribution < 1.29 is 4.79 Å². The van der Waals surface area contributed by atoms with Crippen LogP contribution in [0.3, 0.4) is 0 Å². The molecule has 0 aliphatic heterocycles. The lowest BCUT2D eigenvalue weighted by Crippen LogP contribution is -2.29. The molecule has 1 amide bonds. The molecule has 5 heteroatoms. The third kappa shape index (κ3) is 3.34. The number of nitrogens with zero attached hydrogens (tertiary/aromatic N) is 2. The summed E-state index contributed by atoms with van der Waals surface area (Å²) in [5.41, 5.74) is 1.41. The summed E-state index contributed by atoms with van der Waals surface area (Å²) in [6.45, 7) is 4.55. The van der Waals surface area contributed by atoms with Crippen LogP contribution in [0.4, 0.5) is 0 Å². The number of aryl methyl sites for hydroxylation is 2. The summed E-state index contributed by atoms with van der Waals surface area (Å²) in [7, 11) is 1.81. The second-order valence-electron chi connectivity index (χ2n) is 3.52. The van der Waals surface area contributed by atoms with Crippen molar-refractivity contribution in [2.45, 2.75) is 25.1 Å². The number of alkyl halides is 1. The van der Waals surface area contributed by atoms with Gasteiger partial charge in [-0.3, -0.25) is 9.48 Å². The summed E-state index contributed by atoms with van der Waals surface area (Å²) in [6.07, 6.45) is 2.73. The summed E-state index contributed by atoms with van der Waals surface area (Å²) >= 11 is 3.47. The Hall–Kier alpha value is -0.840. The Bertz CT molecular complexity index is 348. The van der Waals surface area contributed by atoms with E-state index in [4.69, 9.17) is 0 Å². The van der Waals surface area contributed by atoms with Crippen molar-refractivity contribution in [3.8, 4) is 0 Å². The van der Waals surface area contributed by atoms with Crippen molar-refractivity contribution >= 4 is 21.8 Å². The van der Waals surface area contributed by atoms with Crippen LogP contribution in [0.25, 0.3) is 0 Å². The molecular formula is C10H16BrN3O. The van der Waals surface area contributed by atoms with Crippen LogP contribution in [0.2, 0.25) is 0 Å². The first kappa shape index (κ1) is 12.2. The molecule has 1 N–H and O–H groups in total. The maximum absolute atomic E-state index is 11.7. The van der Waals surface area contributed by atoms with E-state index in [2.05, 4.69) is 33.3 Å². The number of nitrogens with one attached hydrogen (secondary N) is 1. The van der Waals surface area contributed by atoms with Crippen molar-refractivity contribution in [2.75, 3.05) is 6.54 Å². The molecule has 1 aromatic heterocycles. The van der Waals surface area contributed by atoms with Gasteiger partial charge in [0.2, 0.25) is 0 Å². The molecule has 0 aliphatic rings. The van der Waals surface area contributed by atoms with Crippen LogP contribution in [0.1, 0.15) is 29.4 Å². The first-order valence-electron chi connectivity index (χ1n) is 4.97. The van der Waals surface area contributed by atoms with E-state index in [1.165, 1.54) is 0 Å². The first-order valence-corrected chi connectivity index (χ1v) is 5.88. The maximum atomic E-state index is 11.7. The summed E-state index contributed by atoms with van der Waals surface area (Å²) in [5, 5.41) is 6.99. The maximum Gasteiger partial charge on any atom is 0.254 e. The molecule has 84 valence electrons. The highest BCUT2D eigenvalue weighted by atomic mass is 79.9. The van der Waals surface area contributed by atoms with Gasteiger partial charge in [0.1, 0.15) is 0 Å². The third-order valence-electron chi connectivity index (χ3n) is 2.19. The molecule has 0 saturated carbocycles. The van der Waals surface area contributed by atoms with Gasteiger partial charge in [-0.15, -0.1) is 0 Å². The molecule has 1 rings (SSSR count). The molecule has 0 bridgehead atoms. The molecule has 1 unspecified atom stereocenters. The fourth-order valence-corrected chi connectivity index (χ4v) is 1.43. The Morgan fingerprint density at radius 1 is 1.73 bits per heavy atom. The van der Waals surface area contributed by atoms with Gasteiger partial charge in [-0.1, -0.05) is 22.9 Å². The molecular weight excluding hydrogens is 258 g/mol. The van der Waals surface area contributed by atoms with Crippen LogP contribution in [-0.4, -0.2) is 27.1 Å². The van der Waals surface area contributed by atoms with Gasteiger partial charge >= 0.3 is 0 Å². The van der Waals surface area contributed by atoms with E-state index in [0.717, 1.165) is 12.1 Å². The summed E-state index contributed by atoms with van der Waals surface area (Å²) in [4.78, 5) is 12.0. The van der Waals surface area contributed by atoms with Gasteiger partial charge in [-0.2, -0.15) is 5.10 Å². The molecule has 15 heavy (non-hydrogen) atoms. The zero-order chi connectivity index (χ0) is 11.4. The summed E-state index contributed by atoms with van der Waals surface area (Å²) in [5.74, 6) is -0.0569. The number of halogens is 1. The zero-order valence-corrected chi connectivity index (χ0v) is 10.8. The molecule has 0 aromatic carbocycles. The lowest BCUT2D eigenvalue weighted by atomic mass is 10.2. The van der Waals surface area contributed by atoms with Crippen LogP contribution in [0.5, 0.6) is 0 Å². The van der Waals surface area contributed by atoms with E-state index in [1.54, 1.807) is 10.9 Å². The standard InChI is InChI=1S/C10H16BrN3O/c1-4-8(11)5-12-10(15)9-6-14(3)13-7(9)2/h6,8H,4-5H2,1-3H3,(H,12,15). The topological polar surface area (TPSA) is 46.9 Å². The Morgan fingerprint density at radius 2 is 2.40 bits per heavy atom. The van der Waals surface area contributed by atoms with Gasteiger partial charge in [0.05, 0.1) is 11.3 Å². The summed E-state index contributed by atoms with van der Waals surface area (Å²) < 4.78 is 1.65. The molecule has 1 heterocycles. The van der Waals surface area contributed by atoms with Crippen LogP contribution in [0.15, 0.2) is 6.20 Å². The Morgan fingerprint density at radius 3 is 2.87 bits per heavy atom. The quantitative estimate of drug-likeness (QED) is 0.848. The van der Waals surface area contributed by atoms with Crippen molar-refractivity contribution in [2.24, 2.45) is 7.05 Å². The minimum Gasteiger partial charge on any atom is -0.351 e. The lowest BCUT2D eigenvalue weighted by Gasteiger charge is -2.07. The molecule has 1 aromatic rings. The third-order valence-corrected chi connectivity index (χ3v) is 3.16. The fourth-order valence-electron chi connectivity index (χ4n) is 1.27. The Balaban J connectivity index is 2.58. The van der Waals surface area contributed by atoms with E-state index in [9.17, 15) is 4.79 Å². The van der Waals surface area contributed by atoms with E-state index in [0.29, 0.717) is 16.9 Å². The SMILES string of the molecule is CCC(Br)CNC(=O)c1cn(C)nc1C. The van der Waals surface area contributed by atoms with Gasteiger partial charge < -0.3 is 5.32 Å². The molecule has 0 fully saturated rings. The number of carbonyl (C=O) groups excluding carboxylic acids is 1. The Kier molecular flexibility index (Phi) is 4.32. The normalized spacial score (nSPS) is 12.5. The van der Waals surface area contributed by atoms with Gasteiger partial charge in [0.25, 0.3) is 5.91 Å². The minimum absolute atomic E-state index is 0.0569. The second-order valence-corrected chi connectivity index (χ2v) is 4.81. The van der Waals surface area contributed by atoms with E-state index in [1.807, 2.05) is 14.0 Å². The van der Waals surface area contributed by atoms with Gasteiger partial charge in [0.15, 0.2) is 0 Å². The van der Waals surface area contributed by atoms with Crippen molar-refractivity contribution in [1.29, 1.82) is 0 Å². The van der Waals surface area contributed by atoms with Gasteiger partial charge in [0, 0.05) is 24.6 Å². The second kappa shape index (κ2) is 5.30. The van der Waals surface area contributed by atoms with E-state index in [-0.39, 0.29) is 5.91 Å². The number of carbonyl (C=O) groups is 1. The molecule has 4 nitrogen and oxygen atoms in total. The highest BCUT2D eigenvalue weighted by molar-refractivity contribution is 9.09. The molecule has 0 saturated heterocycles. The lowest BCUT2D eigenvalue weighted by molar-refractivity contribution is 0.0953. The van der Waals surface area contributed by atoms with Crippen LogP contribution < -0.4 is 5.32 Å². The number of rotatable bonds is 4. The molecule has 0 radical (unpaired) electrons. The van der Waals surface area contributed by atoms with Crippen molar-refractivity contribution in [3.63, 3.8) is 0 Å². The van der Waals surface area contributed by atoms with Crippen LogP contribution in [-0.2, 0) is 7.05 Å². The van der Waals surface area contributed by atoms with Crippen LogP contribution in [0, 0.1) is 6.92 Å². The average Bonchev–Trinajstić information content (AvgIpc) is 2.53. The van der Waals surface area contributed by atoms with Crippen LogP contribution >= 0.6 is 15.9 Å². The summed E-state index contributed by atoms with van der Waals surface area (Å²) in [6, 6.07) is 0. The van der Waals surface area contributed by atoms with Gasteiger partial charge in [-0.05, 0) is 13.3 Å². The fraction of sp³-hybridized carbons (Fsp3) is 0.600. The van der Waals surface area contributed by atoms with Crippen molar-refractivity contribution in [1.82, 2.24) is 15.1 Å². The predicted molar refractivity (Wildman–Crippen MR) is 63.3 cm³/mol. The number of aromatic nitrogens is 2. The minimum atomic E-state index is -0.0569. The highest BCUT2D eigenvalue weighted by Crippen LogP contribution is 2.06. The largest absolute Gasteiger partial charge is 0.351 e. The predicted octanol–water partition coefficient (Wildman–Crippen LogP) is 1.63. The Labute approximate surface area is 98.2 Å².